The second-order valence-electron chi connectivity index (χ2n) is 6.02. The minimum Gasteiger partial charge on any atom is -0.497 e. The zero-order valence-electron chi connectivity index (χ0n) is 15.5. The third kappa shape index (κ3) is 3.43. The first-order valence-corrected chi connectivity index (χ1v) is 9.37. The molecule has 0 radical (unpaired) electrons. The smallest absolute Gasteiger partial charge is 0.271 e. The molecule has 0 saturated carbocycles. The van der Waals surface area contributed by atoms with Gasteiger partial charge < -0.3 is 15.1 Å². The molecule has 0 aliphatic rings. The maximum absolute atomic E-state index is 6.14. The molecule has 28 heavy (non-hydrogen) atoms. The predicted octanol–water partition coefficient (Wildman–Crippen LogP) is 2.15. The van der Waals surface area contributed by atoms with Crippen LogP contribution in [0.15, 0.2) is 40.0 Å². The molecule has 144 valence electrons. The first-order chi connectivity index (χ1) is 13.5. The normalized spacial score (nSPS) is 11.1. The van der Waals surface area contributed by atoms with Crippen molar-refractivity contribution < 1.29 is 9.26 Å². The molecule has 2 N–H and O–H groups in total. The molecule has 0 saturated heterocycles. The Labute approximate surface area is 164 Å². The number of thioether (sulfide) groups is 1. The average molecular weight is 398 g/mol. The Kier molecular flexibility index (Phi) is 4.74. The van der Waals surface area contributed by atoms with Crippen LogP contribution in [0.2, 0.25) is 0 Å². The number of aryl methyl sites for hydroxylation is 2. The Hall–Kier alpha value is -3.34. The topological polar surface area (TPSA) is 123 Å². The van der Waals surface area contributed by atoms with Crippen LogP contribution in [0.4, 0.5) is 0 Å². The van der Waals surface area contributed by atoms with Gasteiger partial charge in [0.2, 0.25) is 16.9 Å². The van der Waals surface area contributed by atoms with Gasteiger partial charge in [-0.05, 0) is 32.0 Å². The lowest BCUT2D eigenvalue weighted by Crippen LogP contribution is -2.17. The molecular formula is C17H18N8O2S. The van der Waals surface area contributed by atoms with E-state index in [1.165, 1.54) is 16.4 Å². The van der Waals surface area contributed by atoms with Crippen LogP contribution in [-0.4, -0.2) is 41.9 Å². The number of rotatable bonds is 6. The summed E-state index contributed by atoms with van der Waals surface area (Å²) in [6, 6.07) is 9.41. The van der Waals surface area contributed by atoms with Gasteiger partial charge in [-0.25, -0.2) is 9.36 Å². The number of nitrogen functional groups attached to an aromatic ring is 1. The molecule has 0 unspecified atom stereocenters. The Morgan fingerprint density at radius 2 is 2.07 bits per heavy atom. The van der Waals surface area contributed by atoms with Crippen molar-refractivity contribution in [2.45, 2.75) is 24.8 Å². The summed E-state index contributed by atoms with van der Waals surface area (Å²) < 4.78 is 13.6. The summed E-state index contributed by atoms with van der Waals surface area (Å²) in [5.74, 6) is 8.66. The average Bonchev–Trinajstić information content (AvgIpc) is 3.39. The van der Waals surface area contributed by atoms with Crippen LogP contribution in [0.3, 0.4) is 0 Å². The van der Waals surface area contributed by atoms with Crippen LogP contribution in [0, 0.1) is 13.8 Å². The standard InChI is InChI=1S/C17H18N8O2S/c1-10-7-11(2)25(22-10)16-20-21-17(24(16)18)28-9-14-19-15(23-27-14)12-5-4-6-13(8-12)26-3/h4-8H,9,18H2,1-3H3. The van der Waals surface area contributed by atoms with Crippen molar-refractivity contribution in [1.29, 1.82) is 0 Å². The van der Waals surface area contributed by atoms with Gasteiger partial charge in [-0.1, -0.05) is 29.1 Å². The van der Waals surface area contributed by atoms with E-state index >= 15 is 0 Å². The van der Waals surface area contributed by atoms with Crippen molar-refractivity contribution in [3.8, 4) is 23.1 Å². The molecule has 0 spiro atoms. The van der Waals surface area contributed by atoms with Gasteiger partial charge in [-0.15, -0.1) is 10.2 Å². The fourth-order valence-electron chi connectivity index (χ4n) is 2.66. The van der Waals surface area contributed by atoms with E-state index in [1.54, 1.807) is 11.8 Å². The van der Waals surface area contributed by atoms with Crippen LogP contribution >= 0.6 is 11.8 Å². The molecule has 0 atom stereocenters. The molecule has 11 heteroatoms. The van der Waals surface area contributed by atoms with E-state index in [9.17, 15) is 0 Å². The first-order valence-electron chi connectivity index (χ1n) is 8.39. The first kappa shape index (κ1) is 18.0. The van der Waals surface area contributed by atoms with Crippen LogP contribution in [0.25, 0.3) is 17.3 Å². The lowest BCUT2D eigenvalue weighted by atomic mass is 10.2. The van der Waals surface area contributed by atoms with Crippen molar-refractivity contribution in [1.82, 2.24) is 34.8 Å². The van der Waals surface area contributed by atoms with E-state index < -0.39 is 0 Å². The molecule has 10 nitrogen and oxygen atoms in total. The summed E-state index contributed by atoms with van der Waals surface area (Å²) in [5, 5.41) is 17.2. The lowest BCUT2D eigenvalue weighted by Gasteiger charge is -2.03. The van der Waals surface area contributed by atoms with Gasteiger partial charge in [-0.2, -0.15) is 10.1 Å². The second-order valence-corrected chi connectivity index (χ2v) is 6.97. The van der Waals surface area contributed by atoms with Gasteiger partial charge >= 0.3 is 0 Å². The van der Waals surface area contributed by atoms with Gasteiger partial charge in [0.15, 0.2) is 0 Å². The Morgan fingerprint density at radius 1 is 1.21 bits per heavy atom. The monoisotopic (exact) mass is 398 g/mol. The molecule has 4 aromatic rings. The number of nitrogens with two attached hydrogens (primary N) is 1. The Morgan fingerprint density at radius 3 is 2.82 bits per heavy atom. The summed E-state index contributed by atoms with van der Waals surface area (Å²) in [7, 11) is 1.61. The Balaban J connectivity index is 1.48. The number of hydrogen-bond donors (Lipinski definition) is 1. The molecule has 0 amide bonds. The van der Waals surface area contributed by atoms with Crippen LogP contribution < -0.4 is 10.6 Å². The fourth-order valence-corrected chi connectivity index (χ4v) is 3.35. The number of nitrogens with zero attached hydrogens (tertiary/aromatic N) is 7. The number of aromatic nitrogens is 7. The van der Waals surface area contributed by atoms with Crippen molar-refractivity contribution in [3.05, 3.63) is 47.6 Å². The molecule has 0 bridgehead atoms. The van der Waals surface area contributed by atoms with Gasteiger partial charge in [-0.3, -0.25) is 0 Å². The highest BCUT2D eigenvalue weighted by molar-refractivity contribution is 7.98. The van der Waals surface area contributed by atoms with Crippen molar-refractivity contribution in [2.75, 3.05) is 13.0 Å². The summed E-state index contributed by atoms with van der Waals surface area (Å²) >= 11 is 1.35. The van der Waals surface area contributed by atoms with E-state index in [2.05, 4.69) is 25.4 Å². The zero-order valence-corrected chi connectivity index (χ0v) is 16.3. The third-order valence-corrected chi connectivity index (χ3v) is 4.89. The molecule has 3 aromatic heterocycles. The van der Waals surface area contributed by atoms with Crippen LogP contribution in [-0.2, 0) is 5.75 Å². The Bertz CT molecular complexity index is 1120. The largest absolute Gasteiger partial charge is 0.497 e. The van der Waals surface area contributed by atoms with Crippen molar-refractivity contribution in [2.24, 2.45) is 0 Å². The number of benzene rings is 1. The number of ether oxygens (including phenoxy) is 1. The summed E-state index contributed by atoms with van der Waals surface area (Å²) in [6.45, 7) is 3.84. The van der Waals surface area contributed by atoms with Crippen LogP contribution in [0.1, 0.15) is 17.3 Å². The summed E-state index contributed by atoms with van der Waals surface area (Å²) in [6.07, 6.45) is 0. The lowest BCUT2D eigenvalue weighted by molar-refractivity contribution is 0.391. The molecule has 0 fully saturated rings. The van der Waals surface area contributed by atoms with Gasteiger partial charge in [0, 0.05) is 11.3 Å². The van der Waals surface area contributed by atoms with E-state index in [4.69, 9.17) is 15.1 Å². The molecule has 1 aromatic carbocycles. The van der Waals surface area contributed by atoms with Gasteiger partial charge in [0.25, 0.3) is 5.95 Å². The third-order valence-electron chi connectivity index (χ3n) is 3.97. The molecule has 4 rings (SSSR count). The highest BCUT2D eigenvalue weighted by Gasteiger charge is 2.16. The summed E-state index contributed by atoms with van der Waals surface area (Å²) in [4.78, 5) is 4.41. The SMILES string of the molecule is COc1cccc(-c2noc(CSc3nnc(-n4nc(C)cc4C)n3N)n2)c1. The van der Waals surface area contributed by atoms with Gasteiger partial charge in [0.1, 0.15) is 5.75 Å². The maximum Gasteiger partial charge on any atom is 0.271 e. The number of hydrogen-bond acceptors (Lipinski definition) is 9. The van der Waals surface area contributed by atoms with E-state index in [-0.39, 0.29) is 0 Å². The highest BCUT2D eigenvalue weighted by Crippen LogP contribution is 2.24. The minimum atomic E-state index is 0.406. The predicted molar refractivity (Wildman–Crippen MR) is 103 cm³/mol. The second kappa shape index (κ2) is 7.35. The molecule has 0 aliphatic heterocycles. The minimum absolute atomic E-state index is 0.406. The van der Waals surface area contributed by atoms with Gasteiger partial charge in [0.05, 0.1) is 18.6 Å². The summed E-state index contributed by atoms with van der Waals surface area (Å²) in [5.41, 5.74) is 2.62. The molecule has 0 aliphatic carbocycles. The number of methoxy groups -OCH3 is 1. The van der Waals surface area contributed by atoms with E-state index in [0.29, 0.717) is 28.6 Å². The van der Waals surface area contributed by atoms with Crippen LogP contribution in [0.5, 0.6) is 5.75 Å². The maximum atomic E-state index is 6.14. The molecular weight excluding hydrogens is 380 g/mol. The highest BCUT2D eigenvalue weighted by atomic mass is 32.2. The van der Waals surface area contributed by atoms with Crippen molar-refractivity contribution >= 4 is 11.8 Å². The van der Waals surface area contributed by atoms with E-state index in [0.717, 1.165) is 22.7 Å². The molecule has 3 heterocycles. The zero-order chi connectivity index (χ0) is 19.7. The fraction of sp³-hybridized carbons (Fsp3) is 0.235. The quantitative estimate of drug-likeness (QED) is 0.384. The van der Waals surface area contributed by atoms with Crippen molar-refractivity contribution in [3.63, 3.8) is 0 Å². The van der Waals surface area contributed by atoms with E-state index in [1.807, 2.05) is 44.2 Å².